The first kappa shape index (κ1) is 26.8. The van der Waals surface area contributed by atoms with E-state index in [1.54, 1.807) is 32.5 Å². The van der Waals surface area contributed by atoms with E-state index in [2.05, 4.69) is 20.8 Å². The summed E-state index contributed by atoms with van der Waals surface area (Å²) in [7, 11) is 3.17. The molecule has 6 N–H and O–H groups in total. The minimum Gasteiger partial charge on any atom is -0.496 e. The number of aliphatic hydroxyl groups excluding tert-OH is 1. The van der Waals surface area contributed by atoms with Gasteiger partial charge in [-0.15, -0.1) is 0 Å². The average molecular weight is 459 g/mol. The van der Waals surface area contributed by atoms with Crippen LogP contribution in [0.25, 0.3) is 11.3 Å². The van der Waals surface area contributed by atoms with E-state index in [0.29, 0.717) is 30.1 Å². The van der Waals surface area contributed by atoms with E-state index in [0.717, 1.165) is 27.5 Å². The number of nitrogens with one attached hydrogen (secondary N) is 1. The summed E-state index contributed by atoms with van der Waals surface area (Å²) in [6, 6.07) is 15.3. The number of hydrogen-bond donors (Lipinski definition) is 2. The van der Waals surface area contributed by atoms with E-state index in [4.69, 9.17) is 14.6 Å². The Morgan fingerprint density at radius 2 is 1.84 bits per heavy atom. The molecule has 0 atom stereocenters. The van der Waals surface area contributed by atoms with Crippen LogP contribution in [0.2, 0.25) is 0 Å². The second kappa shape index (κ2) is 13.3. The zero-order valence-corrected chi connectivity index (χ0v) is 18.6. The molecule has 0 saturated carbocycles. The normalized spacial score (nSPS) is 9.81. The van der Waals surface area contributed by atoms with Crippen LogP contribution in [0.5, 0.6) is 11.5 Å². The summed E-state index contributed by atoms with van der Waals surface area (Å²) in [5.41, 5.74) is 3.05. The van der Waals surface area contributed by atoms with Crippen LogP contribution in [0.3, 0.4) is 0 Å². The molecule has 1 aromatic heterocycles. The third-order valence-corrected chi connectivity index (χ3v) is 5.21. The first-order valence-corrected chi connectivity index (χ1v) is 10.1. The molecule has 0 fully saturated rings. The lowest BCUT2D eigenvalue weighted by atomic mass is 10.1. The Bertz CT molecular complexity index is 1060. The van der Waals surface area contributed by atoms with Crippen LogP contribution < -0.4 is 14.2 Å². The molecular formula is C22H26N4O5S. The van der Waals surface area contributed by atoms with Crippen molar-refractivity contribution in [2.45, 2.75) is 11.3 Å². The third kappa shape index (κ3) is 6.65. The van der Waals surface area contributed by atoms with Crippen LogP contribution in [0, 0.1) is 11.3 Å². The number of methoxy groups -OCH3 is 2. The molecule has 0 spiro atoms. The summed E-state index contributed by atoms with van der Waals surface area (Å²) in [6.07, 6.45) is 2.26. The van der Waals surface area contributed by atoms with Gasteiger partial charge in [-0.3, -0.25) is 4.72 Å². The second-order valence-electron chi connectivity index (χ2n) is 6.27. The number of hydrogen-bond acceptors (Lipinski definition) is 8. The van der Waals surface area contributed by atoms with E-state index in [-0.39, 0.29) is 17.6 Å². The predicted octanol–water partition coefficient (Wildman–Crippen LogP) is 1.56. The smallest absolute Gasteiger partial charge is 0.136 e. The zero-order chi connectivity index (χ0) is 21.3. The zero-order valence-electron chi connectivity index (χ0n) is 17.8. The first-order valence-electron chi connectivity index (χ1n) is 9.26. The fourth-order valence-electron chi connectivity index (χ4n) is 2.86. The molecule has 0 saturated heterocycles. The van der Waals surface area contributed by atoms with Crippen molar-refractivity contribution in [1.82, 2.24) is 14.7 Å². The molecule has 170 valence electrons. The van der Waals surface area contributed by atoms with E-state index in [1.807, 2.05) is 30.3 Å². The molecule has 0 aliphatic heterocycles. The molecule has 0 radical (unpaired) electrons. The van der Waals surface area contributed by atoms with Crippen molar-refractivity contribution in [2.24, 2.45) is 0 Å². The summed E-state index contributed by atoms with van der Waals surface area (Å²) in [6.45, 7) is 0.570. The van der Waals surface area contributed by atoms with Gasteiger partial charge in [0.15, 0.2) is 0 Å². The minimum atomic E-state index is 0. The Hall–Kier alpha value is -3.20. The molecule has 10 heteroatoms. The SMILES string of the molecule is COc1ccc(-c2ccnc(Cc3ccc(SNCCO)c(OC)c3)n2)cc1C#N.O.O. The Morgan fingerprint density at radius 3 is 2.53 bits per heavy atom. The van der Waals surface area contributed by atoms with Crippen molar-refractivity contribution in [3.63, 3.8) is 0 Å². The molecule has 1 heterocycles. The van der Waals surface area contributed by atoms with Gasteiger partial charge in [0.05, 0.1) is 37.0 Å². The molecule has 3 rings (SSSR count). The molecular weight excluding hydrogens is 432 g/mol. The van der Waals surface area contributed by atoms with Crippen molar-refractivity contribution >= 4 is 11.9 Å². The van der Waals surface area contributed by atoms with Gasteiger partial charge >= 0.3 is 0 Å². The van der Waals surface area contributed by atoms with Crippen LogP contribution >= 0.6 is 11.9 Å². The Morgan fingerprint density at radius 1 is 1.06 bits per heavy atom. The second-order valence-corrected chi connectivity index (χ2v) is 7.20. The van der Waals surface area contributed by atoms with Crippen LogP contribution in [0.4, 0.5) is 0 Å². The Balaban J connectivity index is 0.00000256. The van der Waals surface area contributed by atoms with E-state index >= 15 is 0 Å². The van der Waals surface area contributed by atoms with E-state index in [9.17, 15) is 5.26 Å². The van der Waals surface area contributed by atoms with Crippen LogP contribution in [0.15, 0.2) is 53.6 Å². The highest BCUT2D eigenvalue weighted by molar-refractivity contribution is 7.97. The van der Waals surface area contributed by atoms with Crippen molar-refractivity contribution in [2.75, 3.05) is 27.4 Å². The number of nitriles is 1. The fourth-order valence-corrected chi connectivity index (χ4v) is 3.59. The first-order chi connectivity index (χ1) is 14.7. The number of ether oxygens (including phenoxy) is 2. The minimum absolute atomic E-state index is 0. The number of benzene rings is 2. The molecule has 0 bridgehead atoms. The lowest BCUT2D eigenvalue weighted by Crippen LogP contribution is -2.09. The highest BCUT2D eigenvalue weighted by Gasteiger charge is 2.10. The lowest BCUT2D eigenvalue weighted by Gasteiger charge is -2.11. The molecule has 2 aromatic carbocycles. The molecule has 0 amide bonds. The largest absolute Gasteiger partial charge is 0.496 e. The molecule has 3 aromatic rings. The number of aliphatic hydroxyl groups is 1. The maximum Gasteiger partial charge on any atom is 0.136 e. The van der Waals surface area contributed by atoms with Gasteiger partial charge in [-0.25, -0.2) is 9.97 Å². The number of nitrogens with zero attached hydrogens (tertiary/aromatic N) is 3. The average Bonchev–Trinajstić information content (AvgIpc) is 2.79. The molecule has 0 unspecified atom stereocenters. The van der Waals surface area contributed by atoms with Gasteiger partial charge < -0.3 is 25.5 Å². The molecule has 9 nitrogen and oxygen atoms in total. The lowest BCUT2D eigenvalue weighted by molar-refractivity contribution is 0.302. The van der Waals surface area contributed by atoms with Gasteiger partial charge in [-0.05, 0) is 53.9 Å². The quantitative estimate of drug-likeness (QED) is 0.360. The predicted molar refractivity (Wildman–Crippen MR) is 123 cm³/mol. The summed E-state index contributed by atoms with van der Waals surface area (Å²) in [5.74, 6) is 1.95. The van der Waals surface area contributed by atoms with Gasteiger partial charge in [-0.1, -0.05) is 6.07 Å². The van der Waals surface area contributed by atoms with E-state index in [1.165, 1.54) is 11.9 Å². The van der Waals surface area contributed by atoms with Gasteiger partial charge in [0, 0.05) is 24.7 Å². The fraction of sp³-hybridized carbons (Fsp3) is 0.227. The van der Waals surface area contributed by atoms with E-state index < -0.39 is 0 Å². The number of rotatable bonds is 9. The molecule has 0 aliphatic carbocycles. The summed E-state index contributed by atoms with van der Waals surface area (Å²) in [4.78, 5) is 9.99. The summed E-state index contributed by atoms with van der Waals surface area (Å²) >= 11 is 1.41. The Kier molecular flexibility index (Phi) is 11.1. The van der Waals surface area contributed by atoms with Crippen LogP contribution in [-0.2, 0) is 6.42 Å². The van der Waals surface area contributed by atoms with Crippen molar-refractivity contribution < 1.29 is 25.5 Å². The maximum absolute atomic E-state index is 9.32. The molecule has 0 aliphatic rings. The van der Waals surface area contributed by atoms with Gasteiger partial charge in [0.2, 0.25) is 0 Å². The highest BCUT2D eigenvalue weighted by Crippen LogP contribution is 2.29. The molecule has 32 heavy (non-hydrogen) atoms. The monoisotopic (exact) mass is 458 g/mol. The van der Waals surface area contributed by atoms with Crippen LogP contribution in [0.1, 0.15) is 17.0 Å². The standard InChI is InChI=1S/C22H22N4O3S.2H2O/c1-28-19-5-4-16(13-17(19)14-23)18-7-8-24-22(26-18)12-15-3-6-21(20(11-15)29-2)30-25-9-10-27;;/h3-8,11,13,25,27H,9-10,12H2,1-2H3;2*1H2. The Labute approximate surface area is 190 Å². The topological polar surface area (TPSA) is 163 Å². The number of aromatic nitrogens is 2. The van der Waals surface area contributed by atoms with Crippen molar-refractivity contribution in [3.05, 3.63) is 65.6 Å². The van der Waals surface area contributed by atoms with Crippen molar-refractivity contribution in [1.29, 1.82) is 5.26 Å². The third-order valence-electron chi connectivity index (χ3n) is 4.31. The van der Waals surface area contributed by atoms with Crippen LogP contribution in [-0.4, -0.2) is 53.4 Å². The summed E-state index contributed by atoms with van der Waals surface area (Å²) < 4.78 is 13.8. The van der Waals surface area contributed by atoms with Crippen molar-refractivity contribution in [3.8, 4) is 28.8 Å². The summed E-state index contributed by atoms with van der Waals surface area (Å²) in [5, 5.41) is 18.2. The van der Waals surface area contributed by atoms with Gasteiger partial charge in [0.25, 0.3) is 0 Å². The van der Waals surface area contributed by atoms with Gasteiger partial charge in [0.1, 0.15) is 23.4 Å². The maximum atomic E-state index is 9.32. The highest BCUT2D eigenvalue weighted by atomic mass is 32.2. The van der Waals surface area contributed by atoms with Gasteiger partial charge in [-0.2, -0.15) is 5.26 Å².